The van der Waals surface area contributed by atoms with Gasteiger partial charge in [-0.3, -0.25) is 4.79 Å². The summed E-state index contributed by atoms with van der Waals surface area (Å²) < 4.78 is 51.4. The van der Waals surface area contributed by atoms with E-state index in [1.165, 1.54) is 6.07 Å². The van der Waals surface area contributed by atoms with Crippen LogP contribution in [0.3, 0.4) is 0 Å². The highest BCUT2D eigenvalue weighted by Crippen LogP contribution is 2.45. The van der Waals surface area contributed by atoms with Crippen molar-refractivity contribution < 1.29 is 37.4 Å². The van der Waals surface area contributed by atoms with Crippen molar-refractivity contribution in [3.8, 4) is 17.2 Å². The standard InChI is InChI=1S/C26H30F3NO5/c1-3-5-20-22(11-10-21-23(20)35-30-24(21)26(27,28)29)34-13-4-12-33-17-7-9-19-16(14-17)6-8-18(19)15(2)25(31)32/h7,9-11,14-15,18,24,30H,3-6,8,12-13H2,1-2H3,(H,31,32)/t15-,18-,24?/m0/s1. The lowest BCUT2D eigenvalue weighted by atomic mass is 9.89. The number of aryl methyl sites for hydroxylation is 1. The molecule has 0 fully saturated rings. The summed E-state index contributed by atoms with van der Waals surface area (Å²) in [7, 11) is 0. The van der Waals surface area contributed by atoms with Crippen LogP contribution < -0.4 is 19.8 Å². The fourth-order valence-corrected chi connectivity index (χ4v) is 4.86. The molecule has 0 radical (unpaired) electrons. The summed E-state index contributed by atoms with van der Waals surface area (Å²) in [5.41, 5.74) is 5.01. The number of benzene rings is 2. The zero-order valence-corrected chi connectivity index (χ0v) is 19.8. The lowest BCUT2D eigenvalue weighted by molar-refractivity contribution is -0.167. The Morgan fingerprint density at radius 3 is 2.66 bits per heavy atom. The Labute approximate surface area is 202 Å². The van der Waals surface area contributed by atoms with Gasteiger partial charge in [0.2, 0.25) is 0 Å². The maximum Gasteiger partial charge on any atom is 0.411 e. The fourth-order valence-electron chi connectivity index (χ4n) is 4.86. The van der Waals surface area contributed by atoms with E-state index in [0.717, 1.165) is 36.1 Å². The number of carboxylic acid groups (broad SMARTS) is 1. The number of nitrogens with one attached hydrogen (secondary N) is 1. The van der Waals surface area contributed by atoms with Crippen LogP contribution in [0, 0.1) is 5.92 Å². The fraction of sp³-hybridized carbons (Fsp3) is 0.500. The van der Waals surface area contributed by atoms with Crippen molar-refractivity contribution in [1.82, 2.24) is 5.48 Å². The predicted molar refractivity (Wildman–Crippen MR) is 123 cm³/mol. The van der Waals surface area contributed by atoms with E-state index in [2.05, 4.69) is 5.48 Å². The van der Waals surface area contributed by atoms with Crippen LogP contribution in [0.2, 0.25) is 0 Å². The molecule has 1 heterocycles. The van der Waals surface area contributed by atoms with E-state index >= 15 is 0 Å². The summed E-state index contributed by atoms with van der Waals surface area (Å²) in [6.45, 7) is 4.45. The minimum Gasteiger partial charge on any atom is -0.493 e. The summed E-state index contributed by atoms with van der Waals surface area (Å²) in [6, 6.07) is 6.95. The van der Waals surface area contributed by atoms with Crippen molar-refractivity contribution >= 4 is 5.97 Å². The molecule has 0 bridgehead atoms. The highest BCUT2D eigenvalue weighted by atomic mass is 19.4. The second kappa shape index (κ2) is 10.4. The van der Waals surface area contributed by atoms with Crippen LogP contribution in [0.15, 0.2) is 30.3 Å². The summed E-state index contributed by atoms with van der Waals surface area (Å²) >= 11 is 0. The number of halogens is 3. The summed E-state index contributed by atoms with van der Waals surface area (Å²) in [5.74, 6) is 0.284. The van der Waals surface area contributed by atoms with Crippen LogP contribution in [-0.4, -0.2) is 30.5 Å². The maximum absolute atomic E-state index is 13.2. The van der Waals surface area contributed by atoms with Gasteiger partial charge in [-0.2, -0.15) is 13.2 Å². The molecule has 2 aromatic carbocycles. The zero-order valence-electron chi connectivity index (χ0n) is 19.8. The normalized spacial score (nSPS) is 19.6. The molecular weight excluding hydrogens is 463 g/mol. The Balaban J connectivity index is 1.32. The number of carboxylic acids is 1. The molecule has 2 aliphatic rings. The monoisotopic (exact) mass is 493 g/mol. The van der Waals surface area contributed by atoms with Crippen LogP contribution >= 0.6 is 0 Å². The first kappa shape index (κ1) is 25.2. The molecule has 3 atom stereocenters. The quantitative estimate of drug-likeness (QED) is 0.411. The lowest BCUT2D eigenvalue weighted by Gasteiger charge is -2.17. The smallest absolute Gasteiger partial charge is 0.411 e. The molecule has 9 heteroatoms. The van der Waals surface area contributed by atoms with E-state index < -0.39 is 24.1 Å². The van der Waals surface area contributed by atoms with Gasteiger partial charge < -0.3 is 19.4 Å². The summed E-state index contributed by atoms with van der Waals surface area (Å²) in [5, 5.41) is 9.32. The van der Waals surface area contributed by atoms with Crippen LogP contribution in [0.4, 0.5) is 13.2 Å². The first-order valence-corrected chi connectivity index (χ1v) is 12.0. The van der Waals surface area contributed by atoms with Gasteiger partial charge in [-0.25, -0.2) is 0 Å². The SMILES string of the molecule is CCCc1c(OCCCOc2ccc3c(c2)CC[C@H]3[C@H](C)C(=O)O)ccc2c1ONC2C(F)(F)F. The van der Waals surface area contributed by atoms with Crippen LogP contribution in [0.1, 0.15) is 67.3 Å². The molecule has 6 nitrogen and oxygen atoms in total. The van der Waals surface area contributed by atoms with Gasteiger partial charge in [-0.1, -0.05) is 26.3 Å². The number of ether oxygens (including phenoxy) is 2. The van der Waals surface area contributed by atoms with Gasteiger partial charge in [-0.05, 0) is 60.6 Å². The maximum atomic E-state index is 13.2. The van der Waals surface area contributed by atoms with Crippen LogP contribution in [0.25, 0.3) is 0 Å². The highest BCUT2D eigenvalue weighted by Gasteiger charge is 2.47. The average molecular weight is 494 g/mol. The van der Waals surface area contributed by atoms with E-state index in [-0.39, 0.29) is 17.2 Å². The van der Waals surface area contributed by atoms with Gasteiger partial charge in [0, 0.05) is 17.5 Å². The van der Waals surface area contributed by atoms with Crippen molar-refractivity contribution in [2.45, 2.75) is 64.1 Å². The molecule has 0 saturated heterocycles. The first-order valence-electron chi connectivity index (χ1n) is 12.0. The van der Waals surface area contributed by atoms with Crippen molar-refractivity contribution in [3.05, 3.63) is 52.6 Å². The molecule has 1 aliphatic heterocycles. The largest absolute Gasteiger partial charge is 0.493 e. The number of hydrogen-bond donors (Lipinski definition) is 2. The van der Waals surface area contributed by atoms with E-state index in [1.54, 1.807) is 13.0 Å². The molecule has 0 saturated carbocycles. The zero-order chi connectivity index (χ0) is 25.2. The molecule has 2 aromatic rings. The number of alkyl halides is 3. The molecule has 4 rings (SSSR count). The molecular formula is C26H30F3NO5. The number of rotatable bonds is 10. The molecule has 0 amide bonds. The number of carbonyl (C=O) groups is 1. The van der Waals surface area contributed by atoms with Gasteiger partial charge in [0.15, 0.2) is 11.8 Å². The topological polar surface area (TPSA) is 77.0 Å². The number of aliphatic carboxylic acids is 1. The third-order valence-electron chi connectivity index (χ3n) is 6.71. The number of fused-ring (bicyclic) bond motifs is 2. The lowest BCUT2D eigenvalue weighted by Crippen LogP contribution is -2.30. The first-order chi connectivity index (χ1) is 16.7. The summed E-state index contributed by atoms with van der Waals surface area (Å²) in [4.78, 5) is 16.6. The minimum absolute atomic E-state index is 0.0279. The Bertz CT molecular complexity index is 1070. The molecule has 35 heavy (non-hydrogen) atoms. The third-order valence-corrected chi connectivity index (χ3v) is 6.71. The molecule has 0 aromatic heterocycles. The Morgan fingerprint density at radius 1 is 1.20 bits per heavy atom. The third kappa shape index (κ3) is 5.34. The van der Waals surface area contributed by atoms with Gasteiger partial charge in [0.1, 0.15) is 11.5 Å². The molecule has 1 aliphatic carbocycles. The highest BCUT2D eigenvalue weighted by molar-refractivity contribution is 5.71. The molecule has 2 N–H and O–H groups in total. The van der Waals surface area contributed by atoms with Gasteiger partial charge >= 0.3 is 12.1 Å². The molecule has 190 valence electrons. The average Bonchev–Trinajstić information content (AvgIpc) is 3.43. The van der Waals surface area contributed by atoms with Gasteiger partial charge in [0.25, 0.3) is 0 Å². The number of hydrogen-bond acceptors (Lipinski definition) is 5. The molecule has 1 unspecified atom stereocenters. The van der Waals surface area contributed by atoms with Gasteiger partial charge in [-0.15, -0.1) is 5.48 Å². The number of hydroxylamine groups is 1. The second-order valence-corrected chi connectivity index (χ2v) is 9.09. The Hall–Kier alpha value is -2.94. The van der Waals surface area contributed by atoms with Crippen molar-refractivity contribution in [1.29, 1.82) is 0 Å². The summed E-state index contributed by atoms with van der Waals surface area (Å²) in [6.07, 6.45) is -0.922. The second-order valence-electron chi connectivity index (χ2n) is 9.09. The Morgan fingerprint density at radius 2 is 1.94 bits per heavy atom. The molecule has 0 spiro atoms. The van der Waals surface area contributed by atoms with Crippen molar-refractivity contribution in [2.24, 2.45) is 5.92 Å². The van der Waals surface area contributed by atoms with Crippen molar-refractivity contribution in [2.75, 3.05) is 13.2 Å². The van der Waals surface area contributed by atoms with Gasteiger partial charge in [0.05, 0.1) is 19.1 Å². The van der Waals surface area contributed by atoms with E-state index in [1.807, 2.05) is 25.1 Å². The van der Waals surface area contributed by atoms with Crippen molar-refractivity contribution in [3.63, 3.8) is 0 Å². The van der Waals surface area contributed by atoms with E-state index in [0.29, 0.717) is 37.4 Å². The van der Waals surface area contributed by atoms with E-state index in [4.69, 9.17) is 14.3 Å². The predicted octanol–water partition coefficient (Wildman–Crippen LogP) is 5.74. The van der Waals surface area contributed by atoms with Crippen LogP contribution in [0.5, 0.6) is 17.2 Å². The Kier molecular flexibility index (Phi) is 7.44. The van der Waals surface area contributed by atoms with E-state index in [9.17, 15) is 23.1 Å². The van der Waals surface area contributed by atoms with Crippen LogP contribution in [-0.2, 0) is 17.6 Å². The minimum atomic E-state index is -4.44.